The van der Waals surface area contributed by atoms with Gasteiger partial charge in [-0.25, -0.2) is 0 Å². The first kappa shape index (κ1) is 13.6. The minimum atomic E-state index is -0.321. The third kappa shape index (κ3) is 2.49. The predicted molar refractivity (Wildman–Crippen MR) is 79.3 cm³/mol. The van der Waals surface area contributed by atoms with Crippen LogP contribution in [0.4, 0.5) is 5.69 Å². The lowest BCUT2D eigenvalue weighted by atomic mass is 10.1. The highest BCUT2D eigenvalue weighted by molar-refractivity contribution is 6.02. The molecule has 1 amide bonds. The zero-order chi connectivity index (χ0) is 14.8. The molecule has 0 fully saturated rings. The van der Waals surface area contributed by atoms with Crippen LogP contribution in [0.25, 0.3) is 0 Å². The van der Waals surface area contributed by atoms with Gasteiger partial charge in [0.2, 0.25) is 5.91 Å². The van der Waals surface area contributed by atoms with Gasteiger partial charge >= 0.3 is 0 Å². The number of benzene rings is 2. The number of likely N-dealkylation sites (N-methyl/N-ethyl adjacent to an activating group) is 1. The number of rotatable bonds is 4. The van der Waals surface area contributed by atoms with Crippen molar-refractivity contribution in [3.05, 3.63) is 53.6 Å². The normalized spacial score (nSPS) is 16.5. The van der Waals surface area contributed by atoms with Crippen LogP contribution in [0, 0.1) is 0 Å². The Hall–Kier alpha value is -2.37. The molecule has 0 saturated carbocycles. The van der Waals surface area contributed by atoms with Crippen molar-refractivity contribution >= 4 is 11.6 Å². The second-order valence-electron chi connectivity index (χ2n) is 4.83. The number of hydrogen-bond donors (Lipinski definition) is 3. The van der Waals surface area contributed by atoms with Crippen LogP contribution < -0.4 is 15.4 Å². The molecule has 0 aliphatic carbocycles. The maximum atomic E-state index is 11.8. The summed E-state index contributed by atoms with van der Waals surface area (Å²) in [6, 6.07) is 12.5. The van der Waals surface area contributed by atoms with E-state index in [9.17, 15) is 9.90 Å². The lowest BCUT2D eigenvalue weighted by Gasteiger charge is -2.11. The molecule has 5 nitrogen and oxygen atoms in total. The monoisotopic (exact) mass is 284 g/mol. The molecule has 2 aromatic rings. The highest BCUT2D eigenvalue weighted by atomic mass is 16.5. The van der Waals surface area contributed by atoms with Crippen molar-refractivity contribution in [3.63, 3.8) is 0 Å². The molecule has 0 aromatic heterocycles. The van der Waals surface area contributed by atoms with E-state index < -0.39 is 0 Å². The molecule has 5 heteroatoms. The van der Waals surface area contributed by atoms with E-state index in [-0.39, 0.29) is 18.6 Å². The van der Waals surface area contributed by atoms with E-state index >= 15 is 0 Å². The predicted octanol–water partition coefficient (Wildman–Crippen LogP) is 2.18. The largest absolute Gasteiger partial charge is 0.457 e. The number of anilines is 1. The summed E-state index contributed by atoms with van der Waals surface area (Å²) in [5, 5.41) is 15.1. The Labute approximate surface area is 122 Å². The number of amides is 1. The number of carbonyl (C=O) groups excluding carboxylic acids is 1. The molecule has 1 aliphatic rings. The molecule has 21 heavy (non-hydrogen) atoms. The Balaban J connectivity index is 1.89. The van der Waals surface area contributed by atoms with E-state index in [2.05, 4.69) is 10.6 Å². The Morgan fingerprint density at radius 3 is 2.86 bits per heavy atom. The molecule has 0 radical (unpaired) electrons. The fraction of sp³-hybridized carbons (Fsp3) is 0.188. The zero-order valence-electron chi connectivity index (χ0n) is 11.6. The van der Waals surface area contributed by atoms with Gasteiger partial charge in [0.1, 0.15) is 17.5 Å². The number of nitrogens with one attached hydrogen (secondary N) is 2. The molecule has 0 saturated heterocycles. The molecular weight excluding hydrogens is 268 g/mol. The fourth-order valence-electron chi connectivity index (χ4n) is 2.45. The minimum absolute atomic E-state index is 0.0691. The van der Waals surface area contributed by atoms with Crippen molar-refractivity contribution in [2.24, 2.45) is 0 Å². The first-order valence-corrected chi connectivity index (χ1v) is 6.71. The summed E-state index contributed by atoms with van der Waals surface area (Å²) < 4.78 is 5.80. The Morgan fingerprint density at radius 2 is 2.10 bits per heavy atom. The number of ether oxygens (including phenoxy) is 1. The van der Waals surface area contributed by atoms with E-state index in [1.54, 1.807) is 19.2 Å². The van der Waals surface area contributed by atoms with E-state index in [1.165, 1.54) is 0 Å². The number of hydrogen-bond acceptors (Lipinski definition) is 4. The molecule has 1 unspecified atom stereocenters. The molecule has 2 aromatic carbocycles. The fourth-order valence-corrected chi connectivity index (χ4v) is 2.45. The number of carbonyl (C=O) groups is 1. The number of para-hydroxylation sites is 1. The van der Waals surface area contributed by atoms with Crippen molar-refractivity contribution in [1.82, 2.24) is 5.32 Å². The van der Waals surface area contributed by atoms with E-state index in [0.717, 1.165) is 16.8 Å². The number of aliphatic hydroxyl groups is 1. The molecule has 0 spiro atoms. The van der Waals surface area contributed by atoms with Crippen molar-refractivity contribution in [2.75, 3.05) is 12.4 Å². The minimum Gasteiger partial charge on any atom is -0.457 e. The quantitative estimate of drug-likeness (QED) is 0.805. The number of fused-ring (bicyclic) bond motifs is 1. The smallest absolute Gasteiger partial charge is 0.246 e. The number of aliphatic hydroxyl groups excluding tert-OH is 1. The second-order valence-corrected chi connectivity index (χ2v) is 4.83. The van der Waals surface area contributed by atoms with Crippen molar-refractivity contribution < 1.29 is 14.6 Å². The van der Waals surface area contributed by atoms with Crippen LogP contribution in [0.1, 0.15) is 17.2 Å². The van der Waals surface area contributed by atoms with Gasteiger partial charge in [-0.05, 0) is 19.2 Å². The van der Waals surface area contributed by atoms with Crippen LogP contribution in [-0.2, 0) is 11.4 Å². The highest BCUT2D eigenvalue weighted by Gasteiger charge is 2.29. The molecule has 1 aliphatic heterocycles. The lowest BCUT2D eigenvalue weighted by molar-refractivity contribution is -0.117. The summed E-state index contributed by atoms with van der Waals surface area (Å²) in [7, 11) is 1.75. The maximum absolute atomic E-state index is 11.8. The molecule has 0 bridgehead atoms. The summed E-state index contributed by atoms with van der Waals surface area (Å²) >= 11 is 0. The van der Waals surface area contributed by atoms with Crippen LogP contribution in [0.15, 0.2) is 42.5 Å². The Morgan fingerprint density at radius 1 is 1.29 bits per heavy atom. The van der Waals surface area contributed by atoms with Crippen LogP contribution >= 0.6 is 0 Å². The molecule has 3 N–H and O–H groups in total. The van der Waals surface area contributed by atoms with Gasteiger partial charge in [0, 0.05) is 22.9 Å². The average Bonchev–Trinajstić information content (AvgIpc) is 2.82. The maximum Gasteiger partial charge on any atom is 0.246 e. The van der Waals surface area contributed by atoms with Gasteiger partial charge in [-0.2, -0.15) is 0 Å². The Bertz CT molecular complexity index is 685. The van der Waals surface area contributed by atoms with Gasteiger partial charge in [-0.3, -0.25) is 4.79 Å². The SMILES string of the molecule is CNC1C(=O)Nc2cc(Oc3ccccc3CO)ccc21. The third-order valence-corrected chi connectivity index (χ3v) is 3.52. The van der Waals surface area contributed by atoms with Crippen LogP contribution in [-0.4, -0.2) is 18.1 Å². The standard InChI is InChI=1S/C16H16N2O3/c1-17-15-12-7-6-11(8-13(12)18-16(15)20)21-14-5-3-2-4-10(14)9-19/h2-8,15,17,19H,9H2,1H3,(H,18,20). The van der Waals surface area contributed by atoms with E-state index in [1.807, 2.05) is 30.3 Å². The summed E-state index contributed by atoms with van der Waals surface area (Å²) in [5.74, 6) is 1.15. The van der Waals surface area contributed by atoms with E-state index in [4.69, 9.17) is 4.74 Å². The van der Waals surface area contributed by atoms with Gasteiger partial charge in [0.05, 0.1) is 6.61 Å². The van der Waals surface area contributed by atoms with Crippen LogP contribution in [0.2, 0.25) is 0 Å². The summed E-state index contributed by atoms with van der Waals surface area (Å²) in [4.78, 5) is 11.8. The van der Waals surface area contributed by atoms with Gasteiger partial charge in [0.15, 0.2) is 0 Å². The first-order chi connectivity index (χ1) is 10.2. The first-order valence-electron chi connectivity index (χ1n) is 6.71. The van der Waals surface area contributed by atoms with Crippen molar-refractivity contribution in [3.8, 4) is 11.5 Å². The van der Waals surface area contributed by atoms with Crippen molar-refractivity contribution in [2.45, 2.75) is 12.6 Å². The average molecular weight is 284 g/mol. The van der Waals surface area contributed by atoms with E-state index in [0.29, 0.717) is 11.5 Å². The summed E-state index contributed by atoms with van der Waals surface area (Å²) in [6.07, 6.45) is 0. The van der Waals surface area contributed by atoms with Crippen LogP contribution in [0.3, 0.4) is 0 Å². The molecule has 3 rings (SSSR count). The summed E-state index contributed by atoms with van der Waals surface area (Å²) in [5.41, 5.74) is 2.37. The van der Waals surface area contributed by atoms with Gasteiger partial charge in [-0.15, -0.1) is 0 Å². The van der Waals surface area contributed by atoms with Gasteiger partial charge in [0.25, 0.3) is 0 Å². The van der Waals surface area contributed by atoms with Crippen LogP contribution in [0.5, 0.6) is 11.5 Å². The van der Waals surface area contributed by atoms with Gasteiger partial charge in [-0.1, -0.05) is 24.3 Å². The third-order valence-electron chi connectivity index (χ3n) is 3.52. The molecular formula is C16H16N2O3. The van der Waals surface area contributed by atoms with Gasteiger partial charge < -0.3 is 20.5 Å². The topological polar surface area (TPSA) is 70.6 Å². The lowest BCUT2D eigenvalue weighted by Crippen LogP contribution is -2.23. The second kappa shape index (κ2) is 5.55. The molecule has 108 valence electrons. The highest BCUT2D eigenvalue weighted by Crippen LogP contribution is 2.35. The zero-order valence-corrected chi connectivity index (χ0v) is 11.6. The molecule has 1 heterocycles. The van der Waals surface area contributed by atoms with Crippen molar-refractivity contribution in [1.29, 1.82) is 0 Å². The summed E-state index contributed by atoms with van der Waals surface area (Å²) in [6.45, 7) is -0.0837. The Kier molecular flexibility index (Phi) is 3.60. The molecule has 1 atom stereocenters.